The van der Waals surface area contributed by atoms with E-state index in [0.29, 0.717) is 5.82 Å². The Morgan fingerprint density at radius 3 is 3.00 bits per heavy atom. The summed E-state index contributed by atoms with van der Waals surface area (Å²) >= 11 is 0. The van der Waals surface area contributed by atoms with E-state index in [2.05, 4.69) is 35.4 Å². The number of rotatable bonds is 3. The van der Waals surface area contributed by atoms with Gasteiger partial charge in [0.05, 0.1) is 6.04 Å². The molecule has 2 heterocycles. The second kappa shape index (κ2) is 3.96. The van der Waals surface area contributed by atoms with Gasteiger partial charge in [0.1, 0.15) is 12.2 Å². The Kier molecular flexibility index (Phi) is 2.50. The van der Waals surface area contributed by atoms with Gasteiger partial charge < -0.3 is 11.1 Å². The maximum absolute atomic E-state index is 11.6. The normalized spacial score (nSPS) is 12.3. The number of anilines is 1. The van der Waals surface area contributed by atoms with Crippen LogP contribution < -0.4 is 11.1 Å². The van der Waals surface area contributed by atoms with Crippen LogP contribution in [0.25, 0.3) is 0 Å². The Balaban J connectivity index is 2.06. The molecule has 4 N–H and O–H groups in total. The summed E-state index contributed by atoms with van der Waals surface area (Å²) in [7, 11) is 0. The largest absolute Gasteiger partial charge is 0.379 e. The van der Waals surface area contributed by atoms with Gasteiger partial charge in [-0.25, -0.2) is 9.61 Å². The summed E-state index contributed by atoms with van der Waals surface area (Å²) in [5, 5.41) is 15.6. The van der Waals surface area contributed by atoms with Crippen LogP contribution in [0.1, 0.15) is 29.3 Å². The van der Waals surface area contributed by atoms with E-state index in [-0.39, 0.29) is 17.6 Å². The maximum atomic E-state index is 11.6. The smallest absolute Gasteiger partial charge is 0.278 e. The Labute approximate surface area is 89.4 Å². The lowest BCUT2D eigenvalue weighted by Gasteiger charge is -2.08. The van der Waals surface area contributed by atoms with E-state index in [1.54, 1.807) is 6.92 Å². The Morgan fingerprint density at radius 2 is 2.44 bits per heavy atom. The molecule has 9 nitrogen and oxygen atoms in total. The molecule has 2 rings (SSSR count). The van der Waals surface area contributed by atoms with Crippen molar-refractivity contribution >= 4 is 11.7 Å². The van der Waals surface area contributed by atoms with Gasteiger partial charge in [0, 0.05) is 0 Å². The van der Waals surface area contributed by atoms with Crippen LogP contribution >= 0.6 is 0 Å². The van der Waals surface area contributed by atoms with Gasteiger partial charge in [0.15, 0.2) is 0 Å². The molecule has 0 bridgehead atoms. The van der Waals surface area contributed by atoms with E-state index < -0.39 is 5.91 Å². The molecule has 0 aliphatic rings. The summed E-state index contributed by atoms with van der Waals surface area (Å²) in [5.74, 6) is -0.00621. The molecule has 0 aliphatic carbocycles. The number of amides is 1. The molecule has 9 heteroatoms. The van der Waals surface area contributed by atoms with Crippen LogP contribution in [-0.2, 0) is 0 Å². The van der Waals surface area contributed by atoms with E-state index in [0.717, 1.165) is 0 Å². The number of nitrogens with one attached hydrogen (secondary N) is 2. The Morgan fingerprint density at radius 1 is 1.62 bits per heavy atom. The number of carbonyl (C=O) groups excluding carboxylic acids is 1. The lowest BCUT2D eigenvalue weighted by molar-refractivity contribution is 0.0929. The summed E-state index contributed by atoms with van der Waals surface area (Å²) in [4.78, 5) is 15.5. The molecule has 84 valence electrons. The van der Waals surface area contributed by atoms with Crippen molar-refractivity contribution in [1.29, 1.82) is 0 Å². The van der Waals surface area contributed by atoms with Crippen LogP contribution in [0.4, 0.5) is 5.82 Å². The molecule has 1 amide bonds. The summed E-state index contributed by atoms with van der Waals surface area (Å²) in [5.41, 5.74) is 5.32. The molecule has 0 spiro atoms. The van der Waals surface area contributed by atoms with Crippen LogP contribution in [0.5, 0.6) is 0 Å². The summed E-state index contributed by atoms with van der Waals surface area (Å²) in [6.07, 6.45) is 1.35. The Bertz CT molecular complexity index is 477. The van der Waals surface area contributed by atoms with Gasteiger partial charge in [-0.2, -0.15) is 5.10 Å². The molecule has 1 atom stereocenters. The average molecular weight is 223 g/mol. The van der Waals surface area contributed by atoms with E-state index in [9.17, 15) is 4.79 Å². The minimum Gasteiger partial charge on any atom is -0.379 e. The number of H-pyrrole nitrogens is 1. The average Bonchev–Trinajstić information content (AvgIpc) is 2.86. The van der Waals surface area contributed by atoms with Crippen molar-refractivity contribution in [3.8, 4) is 0 Å². The van der Waals surface area contributed by atoms with Crippen molar-refractivity contribution in [3.05, 3.63) is 17.8 Å². The fourth-order valence-corrected chi connectivity index (χ4v) is 1.11. The SMILES string of the molecule is CC(NC(=O)c1nonc1N)c1ncn[nH]1. The van der Waals surface area contributed by atoms with Crippen LogP contribution in [0.3, 0.4) is 0 Å². The zero-order valence-corrected chi connectivity index (χ0v) is 8.34. The molecular weight excluding hydrogens is 214 g/mol. The fourth-order valence-electron chi connectivity index (χ4n) is 1.11. The molecule has 2 aromatic rings. The lowest BCUT2D eigenvalue weighted by atomic mass is 10.3. The highest BCUT2D eigenvalue weighted by atomic mass is 16.6. The molecule has 0 radical (unpaired) electrons. The minimum absolute atomic E-state index is 0.0497. The number of aromatic amines is 1. The maximum Gasteiger partial charge on any atom is 0.278 e. The molecule has 0 saturated carbocycles. The van der Waals surface area contributed by atoms with Gasteiger partial charge in [-0.3, -0.25) is 9.89 Å². The first-order valence-corrected chi connectivity index (χ1v) is 4.42. The van der Waals surface area contributed by atoms with Crippen molar-refractivity contribution in [3.63, 3.8) is 0 Å². The second-order valence-corrected chi connectivity index (χ2v) is 3.06. The van der Waals surface area contributed by atoms with Crippen LogP contribution in [0, 0.1) is 0 Å². The first-order valence-electron chi connectivity index (χ1n) is 4.42. The van der Waals surface area contributed by atoms with Gasteiger partial charge in [-0.15, -0.1) is 0 Å². The number of hydrogen-bond acceptors (Lipinski definition) is 7. The zero-order valence-electron chi connectivity index (χ0n) is 8.34. The number of hydrogen-bond donors (Lipinski definition) is 3. The Hall–Kier alpha value is -2.45. The van der Waals surface area contributed by atoms with Crippen molar-refractivity contribution in [2.75, 3.05) is 5.73 Å². The highest BCUT2D eigenvalue weighted by Gasteiger charge is 2.19. The van der Waals surface area contributed by atoms with Gasteiger partial charge >= 0.3 is 0 Å². The monoisotopic (exact) mass is 223 g/mol. The number of nitrogens with zero attached hydrogens (tertiary/aromatic N) is 4. The van der Waals surface area contributed by atoms with E-state index >= 15 is 0 Å². The third-order valence-corrected chi connectivity index (χ3v) is 1.92. The van der Waals surface area contributed by atoms with Gasteiger partial charge in [0.25, 0.3) is 5.91 Å². The minimum atomic E-state index is -0.484. The third kappa shape index (κ3) is 1.82. The lowest BCUT2D eigenvalue weighted by Crippen LogP contribution is -2.28. The molecular formula is C7H9N7O2. The number of carbonyl (C=O) groups is 1. The van der Waals surface area contributed by atoms with Gasteiger partial charge in [-0.1, -0.05) is 0 Å². The van der Waals surface area contributed by atoms with E-state index in [1.165, 1.54) is 6.33 Å². The quantitative estimate of drug-likeness (QED) is 0.623. The fraction of sp³-hybridized carbons (Fsp3) is 0.286. The van der Waals surface area contributed by atoms with Crippen molar-refractivity contribution in [1.82, 2.24) is 30.8 Å². The highest BCUT2D eigenvalue weighted by Crippen LogP contribution is 2.08. The molecule has 1 unspecified atom stereocenters. The standard InChI is InChI=1S/C7H9N7O2/c1-3(6-9-2-10-12-6)11-7(15)4-5(8)14-16-13-4/h2-3H,1H3,(H2,8,14)(H,11,15)(H,9,10,12). The first-order chi connectivity index (χ1) is 7.68. The first kappa shape index (κ1) is 10.1. The molecule has 16 heavy (non-hydrogen) atoms. The summed E-state index contributed by atoms with van der Waals surface area (Å²) < 4.78 is 4.32. The molecule has 0 aliphatic heterocycles. The van der Waals surface area contributed by atoms with Gasteiger partial charge in [0.2, 0.25) is 11.5 Å². The van der Waals surface area contributed by atoms with Crippen LogP contribution in [0.15, 0.2) is 11.0 Å². The number of nitrogens with two attached hydrogens (primary N) is 1. The van der Waals surface area contributed by atoms with E-state index in [1.807, 2.05) is 0 Å². The second-order valence-electron chi connectivity index (χ2n) is 3.06. The highest BCUT2D eigenvalue weighted by molar-refractivity contribution is 5.96. The van der Waals surface area contributed by atoms with Crippen LogP contribution in [-0.4, -0.2) is 31.4 Å². The number of aromatic nitrogens is 5. The van der Waals surface area contributed by atoms with Gasteiger partial charge in [-0.05, 0) is 17.2 Å². The van der Waals surface area contributed by atoms with Crippen molar-refractivity contribution in [2.24, 2.45) is 0 Å². The summed E-state index contributed by atoms with van der Waals surface area (Å²) in [6.45, 7) is 1.74. The van der Waals surface area contributed by atoms with Crippen molar-refractivity contribution in [2.45, 2.75) is 13.0 Å². The zero-order chi connectivity index (χ0) is 11.5. The summed E-state index contributed by atoms with van der Waals surface area (Å²) in [6, 6.07) is -0.342. The molecule has 0 saturated heterocycles. The molecule has 2 aromatic heterocycles. The topological polar surface area (TPSA) is 136 Å². The van der Waals surface area contributed by atoms with Crippen molar-refractivity contribution < 1.29 is 9.42 Å². The van der Waals surface area contributed by atoms with Crippen LogP contribution in [0.2, 0.25) is 0 Å². The molecule has 0 aromatic carbocycles. The predicted octanol–water partition coefficient (Wildman–Crippen LogP) is -0.739. The third-order valence-electron chi connectivity index (χ3n) is 1.92. The predicted molar refractivity (Wildman–Crippen MR) is 51.0 cm³/mol. The number of nitrogen functional groups attached to an aromatic ring is 1. The van der Waals surface area contributed by atoms with E-state index in [4.69, 9.17) is 5.73 Å². The molecule has 0 fully saturated rings.